The average molecular weight is 428 g/mol. The molecule has 5 rings (SSSR count). The molecule has 7 heteroatoms. The molecule has 0 atom stereocenters. The minimum atomic E-state index is -0.343. The smallest absolute Gasteiger partial charge is 0.266 e. The van der Waals surface area contributed by atoms with Gasteiger partial charge in [-0.2, -0.15) is 5.10 Å². The molecular formula is C25H24N4O3. The third kappa shape index (κ3) is 3.12. The molecule has 2 aliphatic rings. The Morgan fingerprint density at radius 2 is 1.56 bits per heavy atom. The predicted molar refractivity (Wildman–Crippen MR) is 120 cm³/mol. The molecule has 0 saturated carbocycles. The zero-order chi connectivity index (χ0) is 22.6. The van der Waals surface area contributed by atoms with E-state index in [0.717, 1.165) is 16.9 Å². The van der Waals surface area contributed by atoms with Gasteiger partial charge in [-0.05, 0) is 57.2 Å². The van der Waals surface area contributed by atoms with Crippen LogP contribution in [-0.4, -0.2) is 38.9 Å². The molecule has 3 amide bonds. The summed E-state index contributed by atoms with van der Waals surface area (Å²) in [6, 6.07) is 13.4. The number of amides is 3. The highest BCUT2D eigenvalue weighted by Gasteiger charge is 2.36. The van der Waals surface area contributed by atoms with Crippen LogP contribution in [0.25, 0.3) is 0 Å². The van der Waals surface area contributed by atoms with E-state index >= 15 is 0 Å². The first kappa shape index (κ1) is 20.2. The lowest BCUT2D eigenvalue weighted by Gasteiger charge is -2.30. The van der Waals surface area contributed by atoms with E-state index in [2.05, 4.69) is 25.9 Å². The molecule has 2 aromatic carbocycles. The summed E-state index contributed by atoms with van der Waals surface area (Å²) < 4.78 is 2.04. The van der Waals surface area contributed by atoms with E-state index in [-0.39, 0.29) is 23.3 Å². The summed E-state index contributed by atoms with van der Waals surface area (Å²) >= 11 is 0. The van der Waals surface area contributed by atoms with Gasteiger partial charge >= 0.3 is 0 Å². The monoisotopic (exact) mass is 428 g/mol. The Balaban J connectivity index is 1.34. The first-order chi connectivity index (χ1) is 15.3. The fraction of sp³-hybridized carbons (Fsp3) is 0.280. The first-order valence-corrected chi connectivity index (χ1v) is 10.7. The number of carbonyl (C=O) groups is 3. The normalized spacial score (nSPS) is 15.7. The lowest BCUT2D eigenvalue weighted by molar-refractivity contribution is 0.0732. The molecule has 0 fully saturated rings. The van der Waals surface area contributed by atoms with Crippen LogP contribution in [0.1, 0.15) is 63.1 Å². The lowest BCUT2D eigenvalue weighted by Crippen LogP contribution is -2.37. The van der Waals surface area contributed by atoms with Crippen molar-refractivity contribution in [2.24, 2.45) is 0 Å². The molecule has 0 spiro atoms. The van der Waals surface area contributed by atoms with Gasteiger partial charge in [0.25, 0.3) is 17.7 Å². The van der Waals surface area contributed by atoms with Crippen LogP contribution in [0.2, 0.25) is 0 Å². The van der Waals surface area contributed by atoms with Gasteiger partial charge in [0.2, 0.25) is 0 Å². The molecule has 0 radical (unpaired) electrons. The number of hydrogen-bond acceptors (Lipinski definition) is 4. The Labute approximate surface area is 186 Å². The molecule has 32 heavy (non-hydrogen) atoms. The van der Waals surface area contributed by atoms with Crippen LogP contribution in [0.5, 0.6) is 0 Å². The standard InChI is InChI=1S/C25H24N4O3/c1-25(2,3)29-21-12-13-27(15-17(21)14-26-29)22(30)16-8-10-18(11-9-16)28-23(31)19-6-4-5-7-20(19)24(28)32/h4-11,14H,12-13,15H2,1-3H3. The molecule has 3 heterocycles. The van der Waals surface area contributed by atoms with Crippen molar-refractivity contribution in [1.29, 1.82) is 0 Å². The van der Waals surface area contributed by atoms with Crippen LogP contribution in [0.15, 0.2) is 54.7 Å². The number of nitrogens with zero attached hydrogens (tertiary/aromatic N) is 4. The number of aromatic nitrogens is 2. The Hall–Kier alpha value is -3.74. The summed E-state index contributed by atoms with van der Waals surface area (Å²) in [5, 5.41) is 4.53. The van der Waals surface area contributed by atoms with Crippen molar-refractivity contribution in [3.8, 4) is 0 Å². The quantitative estimate of drug-likeness (QED) is 0.584. The maximum Gasteiger partial charge on any atom is 0.266 e. The number of carbonyl (C=O) groups excluding carboxylic acids is 3. The van der Waals surface area contributed by atoms with Gasteiger partial charge in [0.1, 0.15) is 0 Å². The third-order valence-electron chi connectivity index (χ3n) is 6.02. The second-order valence-electron chi connectivity index (χ2n) is 9.21. The number of anilines is 1. The minimum absolute atomic E-state index is 0.0759. The van der Waals surface area contributed by atoms with Crippen molar-refractivity contribution in [3.05, 3.63) is 82.7 Å². The number of imide groups is 1. The molecule has 0 bridgehead atoms. The molecule has 0 unspecified atom stereocenters. The number of hydrogen-bond donors (Lipinski definition) is 0. The maximum absolute atomic E-state index is 13.1. The fourth-order valence-electron chi connectivity index (χ4n) is 4.44. The SMILES string of the molecule is CC(C)(C)n1ncc2c1CCN(C(=O)c1ccc(N3C(=O)c4ccccc4C3=O)cc1)C2. The highest BCUT2D eigenvalue weighted by atomic mass is 16.2. The summed E-state index contributed by atoms with van der Waals surface area (Å²) in [5.41, 5.74) is 3.94. The Morgan fingerprint density at radius 1 is 0.938 bits per heavy atom. The van der Waals surface area contributed by atoms with Crippen molar-refractivity contribution in [2.45, 2.75) is 39.3 Å². The zero-order valence-corrected chi connectivity index (χ0v) is 18.3. The summed E-state index contributed by atoms with van der Waals surface area (Å²) in [6.45, 7) is 7.49. The van der Waals surface area contributed by atoms with E-state index in [4.69, 9.17) is 0 Å². The van der Waals surface area contributed by atoms with Crippen molar-refractivity contribution in [2.75, 3.05) is 11.4 Å². The van der Waals surface area contributed by atoms with E-state index in [9.17, 15) is 14.4 Å². The van der Waals surface area contributed by atoms with E-state index in [1.807, 2.05) is 15.8 Å². The van der Waals surface area contributed by atoms with Gasteiger partial charge in [-0.3, -0.25) is 19.1 Å². The van der Waals surface area contributed by atoms with Crippen LogP contribution in [0.3, 0.4) is 0 Å². The van der Waals surface area contributed by atoms with Gasteiger partial charge in [-0.15, -0.1) is 0 Å². The highest BCUT2D eigenvalue weighted by molar-refractivity contribution is 6.34. The third-order valence-corrected chi connectivity index (χ3v) is 6.02. The molecule has 0 saturated heterocycles. The predicted octanol–water partition coefficient (Wildman–Crippen LogP) is 3.64. The summed E-state index contributed by atoms with van der Waals surface area (Å²) in [6.07, 6.45) is 2.61. The van der Waals surface area contributed by atoms with E-state index < -0.39 is 0 Å². The van der Waals surface area contributed by atoms with Crippen LogP contribution in [0, 0.1) is 0 Å². The molecule has 2 aliphatic heterocycles. The lowest BCUT2D eigenvalue weighted by atomic mass is 10.0. The molecule has 162 valence electrons. The topological polar surface area (TPSA) is 75.5 Å². The van der Waals surface area contributed by atoms with Crippen LogP contribution >= 0.6 is 0 Å². The molecule has 1 aromatic heterocycles. The molecule has 7 nitrogen and oxygen atoms in total. The fourth-order valence-corrected chi connectivity index (χ4v) is 4.44. The maximum atomic E-state index is 13.1. The average Bonchev–Trinajstić information content (AvgIpc) is 3.32. The van der Waals surface area contributed by atoms with Crippen LogP contribution in [-0.2, 0) is 18.5 Å². The van der Waals surface area contributed by atoms with E-state index in [1.165, 1.54) is 5.69 Å². The summed E-state index contributed by atoms with van der Waals surface area (Å²) in [4.78, 5) is 41.4. The van der Waals surface area contributed by atoms with Crippen molar-refractivity contribution in [1.82, 2.24) is 14.7 Å². The highest BCUT2D eigenvalue weighted by Crippen LogP contribution is 2.29. The number of rotatable bonds is 2. The largest absolute Gasteiger partial charge is 0.334 e. The summed E-state index contributed by atoms with van der Waals surface area (Å²) in [7, 11) is 0. The van der Waals surface area contributed by atoms with Crippen molar-refractivity contribution >= 4 is 23.4 Å². The van der Waals surface area contributed by atoms with Crippen LogP contribution in [0.4, 0.5) is 5.69 Å². The van der Waals surface area contributed by atoms with Crippen LogP contribution < -0.4 is 4.90 Å². The molecule has 0 N–H and O–H groups in total. The first-order valence-electron chi connectivity index (χ1n) is 10.7. The molecule has 0 aliphatic carbocycles. The zero-order valence-electron chi connectivity index (χ0n) is 18.3. The van der Waals surface area contributed by atoms with Gasteiger partial charge in [0.05, 0.1) is 28.6 Å². The second-order valence-corrected chi connectivity index (χ2v) is 9.21. The van der Waals surface area contributed by atoms with Gasteiger partial charge in [-0.1, -0.05) is 12.1 Å². The Kier molecular flexibility index (Phi) is 4.51. The second kappa shape index (κ2) is 7.15. The molecular weight excluding hydrogens is 404 g/mol. The summed E-state index contributed by atoms with van der Waals surface area (Å²) in [5.74, 6) is -0.763. The number of benzene rings is 2. The van der Waals surface area contributed by atoms with Gasteiger partial charge < -0.3 is 4.90 Å². The Bertz CT molecular complexity index is 1220. The minimum Gasteiger partial charge on any atom is -0.334 e. The van der Waals surface area contributed by atoms with Gasteiger partial charge in [0, 0.05) is 36.3 Å². The van der Waals surface area contributed by atoms with Crippen molar-refractivity contribution < 1.29 is 14.4 Å². The molecule has 3 aromatic rings. The van der Waals surface area contributed by atoms with E-state index in [0.29, 0.717) is 35.5 Å². The Morgan fingerprint density at radius 3 is 2.16 bits per heavy atom. The van der Waals surface area contributed by atoms with Crippen molar-refractivity contribution in [3.63, 3.8) is 0 Å². The van der Waals surface area contributed by atoms with Gasteiger partial charge in [0.15, 0.2) is 0 Å². The van der Waals surface area contributed by atoms with Gasteiger partial charge in [-0.25, -0.2) is 4.90 Å². The van der Waals surface area contributed by atoms with E-state index in [1.54, 1.807) is 48.5 Å². The number of fused-ring (bicyclic) bond motifs is 2.